The summed E-state index contributed by atoms with van der Waals surface area (Å²) in [5.41, 5.74) is 8.89. The zero-order valence-corrected chi connectivity index (χ0v) is 25.2. The second-order valence-electron chi connectivity index (χ2n) is 12.7. The van der Waals surface area contributed by atoms with Crippen LogP contribution in [0.1, 0.15) is 19.8 Å². The number of aliphatic hydroxyl groups excluding tert-OH is 3. The lowest BCUT2D eigenvalue weighted by molar-refractivity contribution is -0.272. The minimum atomic E-state index is -1.86. The number of carboxylic acid groups (broad SMARTS) is 1. The summed E-state index contributed by atoms with van der Waals surface area (Å²) in [4.78, 5) is 23.7. The molecule has 5 heterocycles. The van der Waals surface area contributed by atoms with Gasteiger partial charge < -0.3 is 50.0 Å². The number of carbonyl (C=O) groups is 1. The van der Waals surface area contributed by atoms with E-state index < -0.39 is 36.7 Å². The molecule has 14 heteroatoms. The van der Waals surface area contributed by atoms with Gasteiger partial charge in [-0.15, -0.1) is 0 Å². The van der Waals surface area contributed by atoms with Gasteiger partial charge in [0.05, 0.1) is 42.1 Å². The highest BCUT2D eigenvalue weighted by Crippen LogP contribution is 2.35. The lowest BCUT2D eigenvalue weighted by Crippen LogP contribution is -2.61. The summed E-state index contributed by atoms with van der Waals surface area (Å²) in [6.45, 7) is 5.38. The van der Waals surface area contributed by atoms with Gasteiger partial charge in [0, 0.05) is 36.0 Å². The number of fused-ring (bicyclic) bond motifs is 2. The molecule has 4 aromatic rings. The van der Waals surface area contributed by atoms with Gasteiger partial charge in [0.25, 0.3) is 0 Å². The van der Waals surface area contributed by atoms with Crippen LogP contribution in [0.3, 0.4) is 0 Å². The first-order chi connectivity index (χ1) is 22.1. The van der Waals surface area contributed by atoms with Gasteiger partial charge in [0.15, 0.2) is 6.10 Å². The molecule has 3 saturated heterocycles. The Morgan fingerprint density at radius 1 is 1.04 bits per heavy atom. The molecule has 3 fully saturated rings. The SMILES string of the molecule is CC1(COc2ccc3c(c2)nc(OC2OC(C(=O)O)C(O)C(O)C2O)n3-c2ccc3cccc(N4CCC(N)CC4)c3n2)COC1. The molecule has 5 unspecified atom stereocenters. The van der Waals surface area contributed by atoms with E-state index in [0.29, 0.717) is 42.4 Å². The average Bonchev–Trinajstić information content (AvgIpc) is 3.39. The van der Waals surface area contributed by atoms with E-state index in [2.05, 4.69) is 16.8 Å². The van der Waals surface area contributed by atoms with Crippen LogP contribution < -0.4 is 20.1 Å². The lowest BCUT2D eigenvalue weighted by atomic mass is 9.90. The Hall–Kier alpha value is -4.05. The van der Waals surface area contributed by atoms with E-state index in [-0.39, 0.29) is 17.5 Å². The van der Waals surface area contributed by atoms with Crippen LogP contribution in [-0.4, -0.2) is 111 Å². The number of carboxylic acids is 1. The predicted molar refractivity (Wildman–Crippen MR) is 165 cm³/mol. The Labute approximate surface area is 263 Å². The molecule has 3 aliphatic rings. The number of para-hydroxylation sites is 1. The van der Waals surface area contributed by atoms with Crippen LogP contribution in [0, 0.1) is 5.41 Å². The van der Waals surface area contributed by atoms with Gasteiger partial charge in [-0.2, -0.15) is 4.98 Å². The van der Waals surface area contributed by atoms with Crippen molar-refractivity contribution in [3.05, 3.63) is 48.5 Å². The number of anilines is 1. The standard InChI is InChI=1S/C32H37N5O9/c1-32(14-43-15-32)16-44-19-6-7-21-20(13-19)34-31(46-30-27(40)25(38)26(39)28(45-30)29(41)42)37(21)23-8-5-17-3-2-4-22(24(17)35-23)36-11-9-18(33)10-12-36/h2-8,13,18,25-28,30,38-40H,9-12,14-16,33H2,1H3,(H,41,42). The Bertz CT molecular complexity index is 1750. The molecular formula is C32H37N5O9. The van der Waals surface area contributed by atoms with Crippen LogP contribution in [0.5, 0.6) is 11.8 Å². The normalized spacial score (nSPS) is 26.6. The number of benzene rings is 2. The first kappa shape index (κ1) is 30.6. The van der Waals surface area contributed by atoms with Crippen LogP contribution in [0.25, 0.3) is 27.8 Å². The van der Waals surface area contributed by atoms with E-state index in [1.54, 1.807) is 10.6 Å². The summed E-state index contributed by atoms with van der Waals surface area (Å²) < 4.78 is 24.5. The topological polar surface area (TPSA) is 195 Å². The van der Waals surface area contributed by atoms with Crippen LogP contribution in [0.2, 0.25) is 0 Å². The second-order valence-corrected chi connectivity index (χ2v) is 12.7. The Morgan fingerprint density at radius 2 is 1.83 bits per heavy atom. The number of pyridine rings is 1. The van der Waals surface area contributed by atoms with Gasteiger partial charge in [-0.1, -0.05) is 19.1 Å². The van der Waals surface area contributed by atoms with Gasteiger partial charge in [-0.25, -0.2) is 14.3 Å². The lowest BCUT2D eigenvalue weighted by Gasteiger charge is -2.38. The first-order valence-electron chi connectivity index (χ1n) is 15.3. The average molecular weight is 636 g/mol. The molecule has 0 amide bonds. The quantitative estimate of drug-likeness (QED) is 0.185. The Morgan fingerprint density at radius 3 is 2.54 bits per heavy atom. The van der Waals surface area contributed by atoms with E-state index >= 15 is 0 Å². The van der Waals surface area contributed by atoms with Gasteiger partial charge >= 0.3 is 12.0 Å². The van der Waals surface area contributed by atoms with Gasteiger partial charge in [-0.05, 0) is 43.2 Å². The van der Waals surface area contributed by atoms with E-state index in [1.807, 2.05) is 42.5 Å². The second kappa shape index (κ2) is 12.0. The molecule has 7 rings (SSSR count). The molecule has 46 heavy (non-hydrogen) atoms. The molecule has 5 atom stereocenters. The number of rotatable bonds is 8. The van der Waals surface area contributed by atoms with Crippen molar-refractivity contribution in [2.24, 2.45) is 11.1 Å². The van der Waals surface area contributed by atoms with Crippen LogP contribution >= 0.6 is 0 Å². The number of nitrogens with zero attached hydrogens (tertiary/aromatic N) is 4. The molecule has 6 N–H and O–H groups in total. The summed E-state index contributed by atoms with van der Waals surface area (Å²) in [7, 11) is 0. The van der Waals surface area contributed by atoms with Gasteiger partial charge in [0.1, 0.15) is 29.9 Å². The molecule has 0 bridgehead atoms. The van der Waals surface area contributed by atoms with Crippen molar-refractivity contribution in [2.75, 3.05) is 37.8 Å². The Balaban J connectivity index is 1.30. The molecule has 244 valence electrons. The van der Waals surface area contributed by atoms with Crippen molar-refractivity contribution in [3.63, 3.8) is 0 Å². The van der Waals surface area contributed by atoms with E-state index in [4.69, 9.17) is 29.7 Å². The highest BCUT2D eigenvalue weighted by molar-refractivity contribution is 5.92. The van der Waals surface area contributed by atoms with Crippen molar-refractivity contribution in [2.45, 2.75) is 56.5 Å². The maximum atomic E-state index is 11.7. The maximum Gasteiger partial charge on any atom is 0.335 e. The van der Waals surface area contributed by atoms with Crippen LogP contribution in [0.15, 0.2) is 48.5 Å². The highest BCUT2D eigenvalue weighted by Gasteiger charge is 2.48. The number of nitrogens with two attached hydrogens (primary N) is 1. The van der Waals surface area contributed by atoms with Crippen molar-refractivity contribution in [3.8, 4) is 17.6 Å². The molecule has 0 spiro atoms. The first-order valence-corrected chi connectivity index (χ1v) is 15.3. The number of aromatic nitrogens is 3. The summed E-state index contributed by atoms with van der Waals surface area (Å²) in [5, 5.41) is 41.8. The van der Waals surface area contributed by atoms with Crippen LogP contribution in [-0.2, 0) is 14.3 Å². The molecule has 2 aromatic heterocycles. The molecule has 3 aliphatic heterocycles. The number of hydrogen-bond donors (Lipinski definition) is 5. The summed E-state index contributed by atoms with van der Waals surface area (Å²) in [6.07, 6.45) is -7.23. The summed E-state index contributed by atoms with van der Waals surface area (Å²) >= 11 is 0. The van der Waals surface area contributed by atoms with Gasteiger partial charge in [0.2, 0.25) is 6.29 Å². The number of aliphatic hydroxyl groups is 3. The molecule has 0 aliphatic carbocycles. The van der Waals surface area contributed by atoms with Crippen molar-refractivity contribution < 1.29 is 44.2 Å². The molecular weight excluding hydrogens is 598 g/mol. The van der Waals surface area contributed by atoms with Crippen molar-refractivity contribution in [1.29, 1.82) is 0 Å². The largest absolute Gasteiger partial charge is 0.493 e. The third-order valence-electron chi connectivity index (χ3n) is 8.91. The number of hydrogen-bond acceptors (Lipinski definition) is 12. The van der Waals surface area contributed by atoms with Crippen molar-refractivity contribution >= 4 is 33.6 Å². The fourth-order valence-corrected chi connectivity index (χ4v) is 6.11. The smallest absolute Gasteiger partial charge is 0.335 e. The fraction of sp³-hybridized carbons (Fsp3) is 0.469. The third kappa shape index (κ3) is 5.61. The Kier molecular flexibility index (Phi) is 7.95. The predicted octanol–water partition coefficient (Wildman–Crippen LogP) is 1.19. The summed E-state index contributed by atoms with van der Waals surface area (Å²) in [5.74, 6) is -0.498. The number of aliphatic carboxylic acids is 1. The van der Waals surface area contributed by atoms with Crippen molar-refractivity contribution in [1.82, 2.24) is 14.5 Å². The molecule has 0 radical (unpaired) electrons. The zero-order chi connectivity index (χ0) is 32.2. The number of ether oxygens (including phenoxy) is 4. The fourth-order valence-electron chi connectivity index (χ4n) is 6.11. The van der Waals surface area contributed by atoms with Crippen LogP contribution in [0.4, 0.5) is 5.69 Å². The molecule has 14 nitrogen and oxygen atoms in total. The monoisotopic (exact) mass is 635 g/mol. The maximum absolute atomic E-state index is 11.7. The minimum absolute atomic E-state index is 0.0726. The van der Waals surface area contributed by atoms with E-state index in [1.165, 1.54) is 0 Å². The minimum Gasteiger partial charge on any atom is -0.493 e. The third-order valence-corrected chi connectivity index (χ3v) is 8.91. The summed E-state index contributed by atoms with van der Waals surface area (Å²) in [6, 6.07) is 15.2. The number of imidazole rings is 1. The van der Waals surface area contributed by atoms with E-state index in [9.17, 15) is 25.2 Å². The highest BCUT2D eigenvalue weighted by atomic mass is 16.7. The molecule has 0 saturated carbocycles. The van der Waals surface area contributed by atoms with E-state index in [0.717, 1.165) is 42.5 Å². The number of piperidine rings is 1. The molecule has 2 aromatic carbocycles. The van der Waals surface area contributed by atoms with Gasteiger partial charge in [-0.3, -0.25) is 0 Å². The zero-order valence-electron chi connectivity index (χ0n) is 25.2.